The van der Waals surface area contributed by atoms with E-state index in [4.69, 9.17) is 4.74 Å². The van der Waals surface area contributed by atoms with Gasteiger partial charge < -0.3 is 10.1 Å². The fourth-order valence-corrected chi connectivity index (χ4v) is 1.89. The summed E-state index contributed by atoms with van der Waals surface area (Å²) in [5, 5.41) is 3.35. The van der Waals surface area contributed by atoms with E-state index in [1.54, 1.807) is 0 Å². The van der Waals surface area contributed by atoms with Gasteiger partial charge in [0, 0.05) is 12.6 Å². The van der Waals surface area contributed by atoms with Gasteiger partial charge in [0.2, 0.25) is 0 Å². The highest BCUT2D eigenvalue weighted by atomic mass is 19.3. The largest absolute Gasteiger partial charge is 0.375 e. The molecule has 4 heteroatoms. The smallest absolute Gasteiger partial charge is 0.261 e. The monoisotopic (exact) mass is 257 g/mol. The van der Waals surface area contributed by atoms with E-state index in [0.717, 1.165) is 6.54 Å². The highest BCUT2D eigenvalue weighted by Gasteiger charge is 2.11. The number of nitrogens with one attached hydrogen (secondary N) is 1. The lowest BCUT2D eigenvalue weighted by Crippen LogP contribution is -2.23. The molecule has 1 rings (SSSR count). The quantitative estimate of drug-likeness (QED) is 0.721. The van der Waals surface area contributed by atoms with Crippen molar-refractivity contribution in [2.45, 2.75) is 32.7 Å². The van der Waals surface area contributed by atoms with Crippen molar-refractivity contribution in [2.75, 3.05) is 19.8 Å². The maximum Gasteiger partial charge on any atom is 0.261 e. The number of rotatable bonds is 8. The predicted molar refractivity (Wildman–Crippen MR) is 69.0 cm³/mol. The van der Waals surface area contributed by atoms with Crippen molar-refractivity contribution in [3.8, 4) is 0 Å². The van der Waals surface area contributed by atoms with Gasteiger partial charge in [-0.2, -0.15) is 0 Å². The summed E-state index contributed by atoms with van der Waals surface area (Å²) in [7, 11) is 0. The molecule has 0 saturated heterocycles. The molecule has 0 radical (unpaired) electrons. The molecular weight excluding hydrogens is 236 g/mol. The van der Waals surface area contributed by atoms with Crippen molar-refractivity contribution in [3.05, 3.63) is 35.4 Å². The number of aryl methyl sites for hydroxylation is 1. The van der Waals surface area contributed by atoms with E-state index in [2.05, 4.69) is 11.4 Å². The molecule has 0 bridgehead atoms. The fraction of sp³-hybridized carbons (Fsp3) is 0.571. The van der Waals surface area contributed by atoms with E-state index in [1.807, 2.05) is 32.0 Å². The minimum absolute atomic E-state index is 0.160. The van der Waals surface area contributed by atoms with E-state index in [9.17, 15) is 8.78 Å². The van der Waals surface area contributed by atoms with Crippen LogP contribution in [0.5, 0.6) is 0 Å². The molecule has 1 atom stereocenters. The van der Waals surface area contributed by atoms with Gasteiger partial charge in [0.25, 0.3) is 6.43 Å². The molecule has 1 aromatic carbocycles. The number of hydrogen-bond acceptors (Lipinski definition) is 2. The van der Waals surface area contributed by atoms with Crippen LogP contribution >= 0.6 is 0 Å². The summed E-state index contributed by atoms with van der Waals surface area (Å²) in [6.45, 7) is 4.78. The first-order chi connectivity index (χ1) is 8.63. The normalized spacial score (nSPS) is 12.9. The van der Waals surface area contributed by atoms with Crippen LogP contribution < -0.4 is 5.32 Å². The van der Waals surface area contributed by atoms with Crippen LogP contribution in [0.2, 0.25) is 0 Å². The number of alkyl halides is 2. The van der Waals surface area contributed by atoms with E-state index in [1.165, 1.54) is 11.1 Å². The van der Waals surface area contributed by atoms with Gasteiger partial charge >= 0.3 is 0 Å². The molecule has 2 nitrogen and oxygen atoms in total. The van der Waals surface area contributed by atoms with Gasteiger partial charge in [-0.1, -0.05) is 36.8 Å². The minimum Gasteiger partial charge on any atom is -0.375 e. The molecule has 1 unspecified atom stereocenters. The molecule has 0 aliphatic rings. The van der Waals surface area contributed by atoms with Crippen LogP contribution in [0.25, 0.3) is 0 Å². The molecule has 18 heavy (non-hydrogen) atoms. The Morgan fingerprint density at radius 2 is 2.11 bits per heavy atom. The van der Waals surface area contributed by atoms with Crippen molar-refractivity contribution in [2.24, 2.45) is 0 Å². The number of halogens is 2. The number of benzene rings is 1. The third-order valence-electron chi connectivity index (χ3n) is 2.69. The van der Waals surface area contributed by atoms with Crippen molar-refractivity contribution in [3.63, 3.8) is 0 Å². The first kappa shape index (κ1) is 15.1. The van der Waals surface area contributed by atoms with Crippen LogP contribution in [0.15, 0.2) is 24.3 Å². The lowest BCUT2D eigenvalue weighted by molar-refractivity contribution is 0.0144. The van der Waals surface area contributed by atoms with Crippen LogP contribution in [-0.4, -0.2) is 26.2 Å². The summed E-state index contributed by atoms with van der Waals surface area (Å²) in [5.74, 6) is 0. The molecule has 0 heterocycles. The molecule has 102 valence electrons. The Morgan fingerprint density at radius 3 is 2.72 bits per heavy atom. The summed E-state index contributed by atoms with van der Waals surface area (Å²) < 4.78 is 28.8. The molecule has 0 aliphatic carbocycles. The maximum absolute atomic E-state index is 11.9. The zero-order chi connectivity index (χ0) is 13.4. The Bertz CT molecular complexity index is 344. The molecule has 0 aromatic heterocycles. The van der Waals surface area contributed by atoms with E-state index >= 15 is 0 Å². The van der Waals surface area contributed by atoms with Gasteiger partial charge in [-0.05, 0) is 25.5 Å². The van der Waals surface area contributed by atoms with Crippen molar-refractivity contribution in [1.29, 1.82) is 0 Å². The Hall–Kier alpha value is -1.00. The predicted octanol–water partition coefficient (Wildman–Crippen LogP) is 3.32. The van der Waals surface area contributed by atoms with Gasteiger partial charge in [0.05, 0.1) is 0 Å². The average Bonchev–Trinajstić information content (AvgIpc) is 2.33. The summed E-state index contributed by atoms with van der Waals surface area (Å²) in [6, 6.07) is 8.37. The maximum atomic E-state index is 11.9. The summed E-state index contributed by atoms with van der Waals surface area (Å²) in [5.41, 5.74) is 2.38. The molecule has 0 amide bonds. The Labute approximate surface area is 107 Å². The number of ether oxygens (including phenoxy) is 1. The van der Waals surface area contributed by atoms with Crippen molar-refractivity contribution in [1.82, 2.24) is 5.32 Å². The highest BCUT2D eigenvalue weighted by Crippen LogP contribution is 2.18. The molecule has 0 saturated carbocycles. The molecule has 0 fully saturated rings. The Morgan fingerprint density at radius 1 is 1.33 bits per heavy atom. The summed E-state index contributed by atoms with van der Waals surface area (Å²) in [6.07, 6.45) is -1.69. The zero-order valence-corrected chi connectivity index (χ0v) is 11.0. The van der Waals surface area contributed by atoms with Gasteiger partial charge in [-0.25, -0.2) is 8.78 Å². The lowest BCUT2D eigenvalue weighted by atomic mass is 10.0. The van der Waals surface area contributed by atoms with Gasteiger partial charge in [-0.15, -0.1) is 0 Å². The van der Waals surface area contributed by atoms with Crippen molar-refractivity contribution < 1.29 is 13.5 Å². The highest BCUT2D eigenvalue weighted by molar-refractivity contribution is 5.25. The zero-order valence-electron chi connectivity index (χ0n) is 11.0. The van der Waals surface area contributed by atoms with Crippen LogP contribution in [-0.2, 0) is 4.74 Å². The molecule has 1 N–H and O–H groups in total. The van der Waals surface area contributed by atoms with E-state index in [-0.39, 0.29) is 6.04 Å². The Kier molecular flexibility index (Phi) is 6.83. The van der Waals surface area contributed by atoms with E-state index in [0.29, 0.717) is 13.0 Å². The second-order valence-corrected chi connectivity index (χ2v) is 4.28. The molecule has 0 aliphatic heterocycles. The van der Waals surface area contributed by atoms with Gasteiger partial charge in [0.1, 0.15) is 6.61 Å². The second kappa shape index (κ2) is 8.16. The SMILES string of the molecule is CCNC(CCOCC(F)F)c1cccc(C)c1. The van der Waals surface area contributed by atoms with Crippen molar-refractivity contribution >= 4 is 0 Å². The van der Waals surface area contributed by atoms with Gasteiger partial charge in [-0.3, -0.25) is 0 Å². The summed E-state index contributed by atoms with van der Waals surface area (Å²) >= 11 is 0. The fourth-order valence-electron chi connectivity index (χ4n) is 1.89. The standard InChI is InChI=1S/C14H21F2NO/c1-3-17-13(7-8-18-10-14(15)16)12-6-4-5-11(2)9-12/h4-6,9,13-14,17H,3,7-8,10H2,1-2H3. The average molecular weight is 257 g/mol. The van der Waals surface area contributed by atoms with Crippen LogP contribution in [0.3, 0.4) is 0 Å². The minimum atomic E-state index is -2.39. The third kappa shape index (κ3) is 5.56. The van der Waals surface area contributed by atoms with Crippen LogP contribution in [0.1, 0.15) is 30.5 Å². The lowest BCUT2D eigenvalue weighted by Gasteiger charge is -2.18. The van der Waals surface area contributed by atoms with Crippen LogP contribution in [0.4, 0.5) is 8.78 Å². The second-order valence-electron chi connectivity index (χ2n) is 4.28. The van der Waals surface area contributed by atoms with Gasteiger partial charge in [0.15, 0.2) is 0 Å². The molecule has 0 spiro atoms. The van der Waals surface area contributed by atoms with E-state index < -0.39 is 13.0 Å². The third-order valence-corrected chi connectivity index (χ3v) is 2.69. The first-order valence-corrected chi connectivity index (χ1v) is 6.29. The molecule has 1 aromatic rings. The number of hydrogen-bond donors (Lipinski definition) is 1. The molecular formula is C14H21F2NO. The summed E-state index contributed by atoms with van der Waals surface area (Å²) in [4.78, 5) is 0. The topological polar surface area (TPSA) is 21.3 Å². The first-order valence-electron chi connectivity index (χ1n) is 6.29. The Balaban J connectivity index is 2.49. The van der Waals surface area contributed by atoms with Crippen LogP contribution in [0, 0.1) is 6.92 Å².